The number of rotatable bonds is 5. The monoisotopic (exact) mass is 265 g/mol. The van der Waals surface area contributed by atoms with Gasteiger partial charge in [-0.1, -0.05) is 13.8 Å². The molecule has 0 aromatic heterocycles. The summed E-state index contributed by atoms with van der Waals surface area (Å²) in [5.74, 6) is -1.10. The molecule has 1 aliphatic carbocycles. The van der Waals surface area contributed by atoms with Crippen molar-refractivity contribution in [1.29, 1.82) is 0 Å². The molecule has 0 bridgehead atoms. The molecule has 5 nitrogen and oxygen atoms in total. The summed E-state index contributed by atoms with van der Waals surface area (Å²) in [6, 6.07) is 0. The van der Waals surface area contributed by atoms with E-state index < -0.39 is 23.3 Å². The van der Waals surface area contributed by atoms with Crippen LogP contribution in [0.2, 0.25) is 0 Å². The molecular weight excluding hydrogens is 246 g/mol. The third-order valence-electron chi connectivity index (χ3n) is 3.72. The Morgan fingerprint density at radius 3 is 2.26 bits per heavy atom. The van der Waals surface area contributed by atoms with Crippen molar-refractivity contribution in [1.82, 2.24) is 4.90 Å². The quantitative estimate of drug-likeness (QED) is 0.555. The standard InChI is InChI=1S/C14H19NO4/c1-9(2)8-14(10-4-5-10,13(18)19-3)15-11(16)6-7-12(15)17/h6-7,9-10H,4-5,8H2,1-3H3. The van der Waals surface area contributed by atoms with Gasteiger partial charge in [-0.3, -0.25) is 14.5 Å². The molecule has 1 aliphatic heterocycles. The van der Waals surface area contributed by atoms with Gasteiger partial charge in [-0.15, -0.1) is 0 Å². The third-order valence-corrected chi connectivity index (χ3v) is 3.72. The molecule has 1 fully saturated rings. The molecule has 1 unspecified atom stereocenters. The summed E-state index contributed by atoms with van der Waals surface area (Å²) in [4.78, 5) is 37.4. The minimum absolute atomic E-state index is 0.0233. The molecule has 2 rings (SSSR count). The molecule has 104 valence electrons. The first-order chi connectivity index (χ1) is 8.93. The Hall–Kier alpha value is -1.65. The zero-order chi connectivity index (χ0) is 14.2. The molecule has 1 atom stereocenters. The Morgan fingerprint density at radius 1 is 1.37 bits per heavy atom. The highest BCUT2D eigenvalue weighted by atomic mass is 16.5. The summed E-state index contributed by atoms with van der Waals surface area (Å²) < 4.78 is 4.91. The van der Waals surface area contributed by atoms with Gasteiger partial charge >= 0.3 is 5.97 Å². The zero-order valence-electron chi connectivity index (χ0n) is 11.5. The Labute approximate surface area is 112 Å². The number of methoxy groups -OCH3 is 1. The number of esters is 1. The fraction of sp³-hybridized carbons (Fsp3) is 0.643. The molecule has 2 amide bonds. The van der Waals surface area contributed by atoms with E-state index in [2.05, 4.69) is 0 Å². The molecule has 0 spiro atoms. The smallest absolute Gasteiger partial charge is 0.332 e. The average molecular weight is 265 g/mol. The number of ether oxygens (including phenoxy) is 1. The second kappa shape index (κ2) is 4.79. The molecule has 1 heterocycles. The molecule has 0 saturated heterocycles. The number of hydrogen-bond acceptors (Lipinski definition) is 4. The van der Waals surface area contributed by atoms with E-state index in [4.69, 9.17) is 4.74 Å². The second-order valence-corrected chi connectivity index (χ2v) is 5.63. The fourth-order valence-corrected chi connectivity index (χ4v) is 2.94. The topological polar surface area (TPSA) is 63.7 Å². The average Bonchev–Trinajstić information content (AvgIpc) is 3.13. The van der Waals surface area contributed by atoms with Gasteiger partial charge in [0.25, 0.3) is 11.8 Å². The molecule has 0 N–H and O–H groups in total. The molecule has 0 radical (unpaired) electrons. The maximum Gasteiger partial charge on any atom is 0.332 e. The first-order valence-electron chi connectivity index (χ1n) is 6.58. The first kappa shape index (κ1) is 13.8. The summed E-state index contributed by atoms with van der Waals surface area (Å²) in [5, 5.41) is 0. The van der Waals surface area contributed by atoms with Gasteiger partial charge in [0.15, 0.2) is 5.54 Å². The van der Waals surface area contributed by atoms with Gasteiger partial charge in [0, 0.05) is 12.2 Å². The predicted molar refractivity (Wildman–Crippen MR) is 67.9 cm³/mol. The highest BCUT2D eigenvalue weighted by Gasteiger charge is 2.59. The van der Waals surface area contributed by atoms with E-state index in [1.165, 1.54) is 19.3 Å². The van der Waals surface area contributed by atoms with E-state index in [-0.39, 0.29) is 11.8 Å². The van der Waals surface area contributed by atoms with Gasteiger partial charge in [0.2, 0.25) is 0 Å². The van der Waals surface area contributed by atoms with Crippen molar-refractivity contribution in [3.05, 3.63) is 12.2 Å². The van der Waals surface area contributed by atoms with Crippen LogP contribution in [0, 0.1) is 11.8 Å². The third kappa shape index (κ3) is 2.17. The van der Waals surface area contributed by atoms with Crippen LogP contribution >= 0.6 is 0 Å². The number of hydrogen-bond donors (Lipinski definition) is 0. The van der Waals surface area contributed by atoms with Gasteiger partial charge in [-0.2, -0.15) is 0 Å². The number of amides is 2. The zero-order valence-corrected chi connectivity index (χ0v) is 11.5. The lowest BCUT2D eigenvalue weighted by Crippen LogP contribution is -2.60. The van der Waals surface area contributed by atoms with Crippen LogP contribution in [0.3, 0.4) is 0 Å². The molecule has 2 aliphatic rings. The van der Waals surface area contributed by atoms with Gasteiger partial charge in [-0.05, 0) is 31.1 Å². The van der Waals surface area contributed by atoms with Crippen molar-refractivity contribution in [3.63, 3.8) is 0 Å². The Balaban J connectivity index is 2.45. The van der Waals surface area contributed by atoms with Gasteiger partial charge in [0.1, 0.15) is 0 Å². The molecule has 0 aromatic carbocycles. The predicted octanol–water partition coefficient (Wildman–Crippen LogP) is 1.28. The number of carbonyl (C=O) groups is 3. The Bertz CT molecular complexity index is 432. The van der Waals surface area contributed by atoms with E-state index in [9.17, 15) is 14.4 Å². The van der Waals surface area contributed by atoms with Crippen molar-refractivity contribution in [2.75, 3.05) is 7.11 Å². The van der Waals surface area contributed by atoms with Crippen LogP contribution < -0.4 is 0 Å². The van der Waals surface area contributed by atoms with Crippen LogP contribution in [0.25, 0.3) is 0 Å². The largest absolute Gasteiger partial charge is 0.467 e. The Kier molecular flexibility index (Phi) is 3.47. The minimum atomic E-state index is -1.12. The van der Waals surface area contributed by atoms with Crippen LogP contribution in [0.5, 0.6) is 0 Å². The van der Waals surface area contributed by atoms with Crippen LogP contribution in [0.15, 0.2) is 12.2 Å². The molecule has 19 heavy (non-hydrogen) atoms. The lowest BCUT2D eigenvalue weighted by molar-refractivity contribution is -0.167. The highest BCUT2D eigenvalue weighted by molar-refractivity contribution is 6.15. The first-order valence-corrected chi connectivity index (χ1v) is 6.58. The Morgan fingerprint density at radius 2 is 1.89 bits per heavy atom. The lowest BCUT2D eigenvalue weighted by atomic mass is 9.82. The van der Waals surface area contributed by atoms with Crippen molar-refractivity contribution < 1.29 is 19.1 Å². The summed E-state index contributed by atoms with van der Waals surface area (Å²) in [7, 11) is 1.30. The number of carbonyl (C=O) groups excluding carboxylic acids is 3. The second-order valence-electron chi connectivity index (χ2n) is 5.63. The lowest BCUT2D eigenvalue weighted by Gasteiger charge is -2.39. The van der Waals surface area contributed by atoms with Gasteiger partial charge in [-0.25, -0.2) is 4.79 Å². The van der Waals surface area contributed by atoms with Gasteiger partial charge < -0.3 is 4.74 Å². The minimum Gasteiger partial charge on any atom is -0.467 e. The van der Waals surface area contributed by atoms with E-state index in [0.29, 0.717) is 6.42 Å². The number of nitrogens with zero attached hydrogens (tertiary/aromatic N) is 1. The van der Waals surface area contributed by atoms with E-state index in [1.54, 1.807) is 0 Å². The normalized spacial score (nSPS) is 22.0. The van der Waals surface area contributed by atoms with Crippen molar-refractivity contribution in [2.45, 2.75) is 38.6 Å². The summed E-state index contributed by atoms with van der Waals surface area (Å²) in [6.45, 7) is 3.94. The van der Waals surface area contributed by atoms with Crippen LogP contribution in [0.4, 0.5) is 0 Å². The van der Waals surface area contributed by atoms with Crippen LogP contribution in [0.1, 0.15) is 33.1 Å². The van der Waals surface area contributed by atoms with Crippen LogP contribution in [-0.4, -0.2) is 35.3 Å². The SMILES string of the molecule is COC(=O)C(CC(C)C)(C1CC1)N1C(=O)C=CC1=O. The molecule has 1 saturated carbocycles. The summed E-state index contributed by atoms with van der Waals surface area (Å²) in [6.07, 6.45) is 4.59. The van der Waals surface area contributed by atoms with Crippen molar-refractivity contribution in [2.24, 2.45) is 11.8 Å². The van der Waals surface area contributed by atoms with E-state index in [1.807, 2.05) is 13.8 Å². The highest BCUT2D eigenvalue weighted by Crippen LogP contribution is 2.48. The number of imide groups is 1. The van der Waals surface area contributed by atoms with Crippen LogP contribution in [-0.2, 0) is 19.1 Å². The maximum atomic E-state index is 12.3. The molecule has 5 heteroatoms. The van der Waals surface area contributed by atoms with Crippen molar-refractivity contribution >= 4 is 17.8 Å². The molecule has 0 aromatic rings. The van der Waals surface area contributed by atoms with E-state index in [0.717, 1.165) is 17.7 Å². The maximum absolute atomic E-state index is 12.3. The fourth-order valence-electron chi connectivity index (χ4n) is 2.94. The summed E-state index contributed by atoms with van der Waals surface area (Å²) in [5.41, 5.74) is -1.12. The molecular formula is C14H19NO4. The van der Waals surface area contributed by atoms with E-state index >= 15 is 0 Å². The summed E-state index contributed by atoms with van der Waals surface area (Å²) >= 11 is 0. The van der Waals surface area contributed by atoms with Crippen molar-refractivity contribution in [3.8, 4) is 0 Å². The van der Waals surface area contributed by atoms with Gasteiger partial charge in [0.05, 0.1) is 7.11 Å².